The second-order valence-electron chi connectivity index (χ2n) is 4.36. The van der Waals surface area contributed by atoms with E-state index < -0.39 is 0 Å². The van der Waals surface area contributed by atoms with Gasteiger partial charge in [-0.15, -0.1) is 0 Å². The number of nitrogens with zero attached hydrogens (tertiary/aromatic N) is 1. The smallest absolute Gasteiger partial charge is 0.257 e. The molecular formula is C13H18N2O4. The van der Waals surface area contributed by atoms with Crippen molar-refractivity contribution in [3.63, 3.8) is 0 Å². The van der Waals surface area contributed by atoms with Crippen LogP contribution in [-0.2, 0) is 4.74 Å². The van der Waals surface area contributed by atoms with Gasteiger partial charge in [-0.25, -0.2) is 0 Å². The molecule has 104 valence electrons. The lowest BCUT2D eigenvalue weighted by atomic mass is 10.1. The van der Waals surface area contributed by atoms with Gasteiger partial charge < -0.3 is 25.2 Å². The fourth-order valence-electron chi connectivity index (χ4n) is 2.04. The number of ether oxygens (including phenoxy) is 2. The molecule has 0 saturated carbocycles. The molecule has 0 aromatic heterocycles. The number of phenols is 1. The third-order valence-electron chi connectivity index (χ3n) is 3.12. The van der Waals surface area contributed by atoms with Crippen molar-refractivity contribution in [3.8, 4) is 11.5 Å². The lowest BCUT2D eigenvalue weighted by molar-refractivity contribution is -0.0168. The quantitative estimate of drug-likeness (QED) is 0.816. The highest BCUT2D eigenvalue weighted by Crippen LogP contribution is 2.25. The first-order chi connectivity index (χ1) is 9.15. The highest BCUT2D eigenvalue weighted by atomic mass is 16.5. The maximum absolute atomic E-state index is 12.3. The molecule has 1 aliphatic rings. The van der Waals surface area contributed by atoms with Crippen LogP contribution in [0.25, 0.3) is 0 Å². The lowest BCUT2D eigenvalue weighted by Crippen LogP contribution is -2.48. The van der Waals surface area contributed by atoms with Crippen molar-refractivity contribution in [2.24, 2.45) is 5.73 Å². The van der Waals surface area contributed by atoms with E-state index in [4.69, 9.17) is 15.2 Å². The van der Waals surface area contributed by atoms with Gasteiger partial charge in [-0.05, 0) is 12.1 Å². The molecule has 1 unspecified atom stereocenters. The van der Waals surface area contributed by atoms with Crippen LogP contribution in [0.5, 0.6) is 11.5 Å². The fourth-order valence-corrected chi connectivity index (χ4v) is 2.04. The van der Waals surface area contributed by atoms with E-state index in [1.54, 1.807) is 17.0 Å². The van der Waals surface area contributed by atoms with Crippen LogP contribution in [0, 0.1) is 0 Å². The second-order valence-corrected chi connectivity index (χ2v) is 4.36. The Bertz CT molecular complexity index is 464. The van der Waals surface area contributed by atoms with Crippen molar-refractivity contribution in [3.05, 3.63) is 23.8 Å². The van der Waals surface area contributed by atoms with Crippen LogP contribution in [0.15, 0.2) is 18.2 Å². The Balaban J connectivity index is 2.15. The normalized spacial score (nSPS) is 19.3. The summed E-state index contributed by atoms with van der Waals surface area (Å²) in [5.74, 6) is 0.206. The van der Waals surface area contributed by atoms with Crippen LogP contribution in [0.4, 0.5) is 0 Å². The summed E-state index contributed by atoms with van der Waals surface area (Å²) in [6, 6.07) is 4.63. The molecular weight excluding hydrogens is 248 g/mol. The number of phenolic OH excluding ortho intramolecular Hbond substituents is 1. The molecule has 1 aromatic carbocycles. The number of amides is 1. The largest absolute Gasteiger partial charge is 0.507 e. The number of carbonyl (C=O) groups excluding carboxylic acids is 1. The second kappa shape index (κ2) is 5.90. The van der Waals surface area contributed by atoms with E-state index in [9.17, 15) is 9.90 Å². The zero-order valence-electron chi connectivity index (χ0n) is 10.8. The van der Waals surface area contributed by atoms with Crippen molar-refractivity contribution < 1.29 is 19.4 Å². The molecule has 19 heavy (non-hydrogen) atoms. The number of benzene rings is 1. The summed E-state index contributed by atoms with van der Waals surface area (Å²) in [6.45, 7) is 1.78. The van der Waals surface area contributed by atoms with Crippen LogP contribution < -0.4 is 10.5 Å². The van der Waals surface area contributed by atoms with Gasteiger partial charge in [0.05, 0.1) is 25.4 Å². The summed E-state index contributed by atoms with van der Waals surface area (Å²) in [7, 11) is 1.50. The zero-order valence-corrected chi connectivity index (χ0v) is 10.8. The maximum Gasteiger partial charge on any atom is 0.257 e. The molecule has 1 heterocycles. The fraction of sp³-hybridized carbons (Fsp3) is 0.462. The Kier molecular flexibility index (Phi) is 4.24. The molecule has 6 heteroatoms. The van der Waals surface area contributed by atoms with E-state index in [0.29, 0.717) is 32.0 Å². The highest BCUT2D eigenvalue weighted by molar-refractivity contribution is 5.97. The summed E-state index contributed by atoms with van der Waals surface area (Å²) in [5, 5.41) is 9.86. The van der Waals surface area contributed by atoms with Crippen LogP contribution in [-0.4, -0.2) is 55.4 Å². The standard InChI is InChI=1S/C13H18N2O4/c1-18-9-2-3-11(12(16)6-9)13(17)15-4-5-19-10(7-14)8-15/h2-3,6,10,16H,4-5,7-8,14H2,1H3. The lowest BCUT2D eigenvalue weighted by Gasteiger charge is -2.32. The summed E-state index contributed by atoms with van der Waals surface area (Å²) in [6.07, 6.45) is -0.141. The number of hydrogen-bond acceptors (Lipinski definition) is 5. The number of methoxy groups -OCH3 is 1. The average molecular weight is 266 g/mol. The van der Waals surface area contributed by atoms with E-state index >= 15 is 0 Å². The Hall–Kier alpha value is -1.79. The van der Waals surface area contributed by atoms with Crippen molar-refractivity contribution in [2.75, 3.05) is 33.4 Å². The first-order valence-corrected chi connectivity index (χ1v) is 6.13. The van der Waals surface area contributed by atoms with Gasteiger partial charge in [0.25, 0.3) is 5.91 Å². The van der Waals surface area contributed by atoms with Gasteiger partial charge in [0.1, 0.15) is 11.5 Å². The Morgan fingerprint density at radius 3 is 3.05 bits per heavy atom. The predicted octanol–water partition coefficient (Wildman–Crippen LogP) is 0.201. The first-order valence-electron chi connectivity index (χ1n) is 6.13. The molecule has 6 nitrogen and oxygen atoms in total. The van der Waals surface area contributed by atoms with Crippen LogP contribution >= 0.6 is 0 Å². The van der Waals surface area contributed by atoms with Crippen molar-refractivity contribution >= 4 is 5.91 Å². The summed E-state index contributed by atoms with van der Waals surface area (Å²) < 4.78 is 10.4. The number of aromatic hydroxyl groups is 1. The molecule has 0 bridgehead atoms. The molecule has 2 rings (SSSR count). The van der Waals surface area contributed by atoms with Crippen molar-refractivity contribution in [1.82, 2.24) is 4.90 Å². The van der Waals surface area contributed by atoms with Gasteiger partial charge in [-0.3, -0.25) is 4.79 Å². The monoisotopic (exact) mass is 266 g/mol. The minimum absolute atomic E-state index is 0.0832. The molecule has 0 radical (unpaired) electrons. The van der Waals surface area contributed by atoms with Gasteiger partial charge in [0, 0.05) is 25.7 Å². The molecule has 1 aliphatic heterocycles. The molecule has 1 fully saturated rings. The third-order valence-corrected chi connectivity index (χ3v) is 3.12. The van der Waals surface area contributed by atoms with Gasteiger partial charge in [-0.1, -0.05) is 0 Å². The van der Waals surface area contributed by atoms with E-state index in [1.807, 2.05) is 0 Å². The SMILES string of the molecule is COc1ccc(C(=O)N2CCOC(CN)C2)c(O)c1. The molecule has 3 N–H and O–H groups in total. The number of morpholine rings is 1. The van der Waals surface area contributed by atoms with Crippen LogP contribution in [0.2, 0.25) is 0 Å². The van der Waals surface area contributed by atoms with Gasteiger partial charge in [0.2, 0.25) is 0 Å². The van der Waals surface area contributed by atoms with Crippen molar-refractivity contribution in [2.45, 2.75) is 6.10 Å². The molecule has 0 aliphatic carbocycles. The van der Waals surface area contributed by atoms with Gasteiger partial charge in [0.15, 0.2) is 0 Å². The molecule has 1 saturated heterocycles. The van der Waals surface area contributed by atoms with Gasteiger partial charge in [-0.2, -0.15) is 0 Å². The summed E-state index contributed by atoms with van der Waals surface area (Å²) in [5.41, 5.74) is 5.81. The predicted molar refractivity (Wildman–Crippen MR) is 69.4 cm³/mol. The highest BCUT2D eigenvalue weighted by Gasteiger charge is 2.25. The van der Waals surface area contributed by atoms with E-state index in [0.717, 1.165) is 0 Å². The topological polar surface area (TPSA) is 85.0 Å². The summed E-state index contributed by atoms with van der Waals surface area (Å²) in [4.78, 5) is 14.0. The number of hydrogen-bond donors (Lipinski definition) is 2. The third kappa shape index (κ3) is 2.97. The molecule has 1 amide bonds. The molecule has 1 aromatic rings. The summed E-state index contributed by atoms with van der Waals surface area (Å²) >= 11 is 0. The Labute approximate surface area is 111 Å². The minimum atomic E-state index is -0.220. The van der Waals surface area contributed by atoms with E-state index in [1.165, 1.54) is 13.2 Å². The Morgan fingerprint density at radius 2 is 2.42 bits per heavy atom. The molecule has 0 spiro atoms. The van der Waals surface area contributed by atoms with Crippen LogP contribution in [0.1, 0.15) is 10.4 Å². The molecule has 1 atom stereocenters. The first kappa shape index (κ1) is 13.6. The maximum atomic E-state index is 12.3. The van der Waals surface area contributed by atoms with Crippen LogP contribution in [0.3, 0.4) is 0 Å². The number of carbonyl (C=O) groups is 1. The van der Waals surface area contributed by atoms with E-state index in [-0.39, 0.29) is 23.3 Å². The van der Waals surface area contributed by atoms with Gasteiger partial charge >= 0.3 is 0 Å². The Morgan fingerprint density at radius 1 is 1.63 bits per heavy atom. The minimum Gasteiger partial charge on any atom is -0.507 e. The number of nitrogens with two attached hydrogens (primary N) is 1. The number of rotatable bonds is 3. The average Bonchev–Trinajstić information content (AvgIpc) is 2.46. The van der Waals surface area contributed by atoms with E-state index in [2.05, 4.69) is 0 Å². The zero-order chi connectivity index (χ0) is 13.8. The van der Waals surface area contributed by atoms with Crippen molar-refractivity contribution in [1.29, 1.82) is 0 Å².